The van der Waals surface area contributed by atoms with E-state index in [1.807, 2.05) is 26.0 Å². The van der Waals surface area contributed by atoms with Gasteiger partial charge in [0, 0.05) is 26.2 Å². The third kappa shape index (κ3) is 2.28. The van der Waals surface area contributed by atoms with Crippen molar-refractivity contribution in [3.05, 3.63) is 29.3 Å². The summed E-state index contributed by atoms with van der Waals surface area (Å²) >= 11 is 0. The van der Waals surface area contributed by atoms with Crippen molar-refractivity contribution >= 4 is 10.0 Å². The highest BCUT2D eigenvalue weighted by Gasteiger charge is 2.42. The van der Waals surface area contributed by atoms with Crippen molar-refractivity contribution in [2.45, 2.75) is 31.6 Å². The highest BCUT2D eigenvalue weighted by molar-refractivity contribution is 7.89. The summed E-state index contributed by atoms with van der Waals surface area (Å²) in [4.78, 5) is 0.464. The highest BCUT2D eigenvalue weighted by atomic mass is 32.2. The Labute approximate surface area is 121 Å². The molecule has 20 heavy (non-hydrogen) atoms. The van der Waals surface area contributed by atoms with Gasteiger partial charge in [0.15, 0.2) is 0 Å². The molecular weight excluding hydrogens is 272 g/mol. The Balaban J connectivity index is 1.82. The van der Waals surface area contributed by atoms with E-state index >= 15 is 0 Å². The second-order valence-electron chi connectivity index (χ2n) is 6.28. The van der Waals surface area contributed by atoms with E-state index in [1.54, 1.807) is 10.4 Å². The molecule has 0 unspecified atom stereocenters. The lowest BCUT2D eigenvalue weighted by Gasteiger charge is -2.48. The summed E-state index contributed by atoms with van der Waals surface area (Å²) in [7, 11) is -3.33. The van der Waals surface area contributed by atoms with E-state index in [-0.39, 0.29) is 0 Å². The van der Waals surface area contributed by atoms with Crippen molar-refractivity contribution in [3.8, 4) is 0 Å². The van der Waals surface area contributed by atoms with Crippen LogP contribution in [0.4, 0.5) is 0 Å². The summed E-state index contributed by atoms with van der Waals surface area (Å²) < 4.78 is 27.2. The van der Waals surface area contributed by atoms with Crippen LogP contribution >= 0.6 is 0 Å². The molecule has 0 amide bonds. The Morgan fingerprint density at radius 2 is 1.80 bits per heavy atom. The molecule has 3 rings (SSSR count). The molecule has 110 valence electrons. The van der Waals surface area contributed by atoms with Gasteiger partial charge in [-0.2, -0.15) is 4.31 Å². The second kappa shape index (κ2) is 4.83. The van der Waals surface area contributed by atoms with Crippen LogP contribution in [0.3, 0.4) is 0 Å². The summed E-state index contributed by atoms with van der Waals surface area (Å²) in [5.41, 5.74) is 2.31. The monoisotopic (exact) mass is 294 g/mol. The lowest BCUT2D eigenvalue weighted by atomic mass is 9.74. The smallest absolute Gasteiger partial charge is 0.243 e. The zero-order valence-corrected chi connectivity index (χ0v) is 13.0. The number of hydrogen-bond donors (Lipinski definition) is 1. The minimum atomic E-state index is -3.33. The Morgan fingerprint density at radius 3 is 2.30 bits per heavy atom. The van der Waals surface area contributed by atoms with Gasteiger partial charge in [-0.25, -0.2) is 8.42 Å². The van der Waals surface area contributed by atoms with Gasteiger partial charge >= 0.3 is 0 Å². The maximum Gasteiger partial charge on any atom is 0.243 e. The van der Waals surface area contributed by atoms with Gasteiger partial charge in [0.2, 0.25) is 10.0 Å². The zero-order chi connectivity index (χ0) is 14.4. The van der Waals surface area contributed by atoms with Gasteiger partial charge in [0.05, 0.1) is 4.90 Å². The fourth-order valence-electron chi connectivity index (χ4n) is 3.26. The van der Waals surface area contributed by atoms with Crippen LogP contribution in [0.2, 0.25) is 0 Å². The molecule has 0 saturated carbocycles. The highest BCUT2D eigenvalue weighted by Crippen LogP contribution is 2.36. The van der Waals surface area contributed by atoms with Crippen LogP contribution in [0, 0.1) is 19.3 Å². The quantitative estimate of drug-likeness (QED) is 0.903. The number of aryl methyl sites for hydroxylation is 2. The van der Waals surface area contributed by atoms with Gasteiger partial charge < -0.3 is 5.32 Å². The van der Waals surface area contributed by atoms with Crippen molar-refractivity contribution < 1.29 is 8.42 Å². The molecule has 2 saturated heterocycles. The molecule has 2 aliphatic heterocycles. The van der Waals surface area contributed by atoms with Gasteiger partial charge in [0.25, 0.3) is 0 Å². The Bertz CT molecular complexity index is 611. The third-order valence-electron chi connectivity index (χ3n) is 4.73. The van der Waals surface area contributed by atoms with E-state index in [1.165, 1.54) is 0 Å². The lowest BCUT2D eigenvalue weighted by Crippen LogP contribution is -2.58. The fraction of sp³-hybridized carbons (Fsp3) is 0.600. The topological polar surface area (TPSA) is 49.4 Å². The Kier molecular flexibility index (Phi) is 3.39. The summed E-state index contributed by atoms with van der Waals surface area (Å²) in [5, 5.41) is 3.30. The van der Waals surface area contributed by atoms with Crippen LogP contribution in [0.1, 0.15) is 24.0 Å². The van der Waals surface area contributed by atoms with E-state index in [0.29, 0.717) is 23.4 Å². The maximum atomic E-state index is 12.7. The molecule has 0 radical (unpaired) electrons. The molecule has 1 aromatic carbocycles. The zero-order valence-electron chi connectivity index (χ0n) is 12.1. The predicted molar refractivity (Wildman–Crippen MR) is 79.2 cm³/mol. The number of sulfonamides is 1. The van der Waals surface area contributed by atoms with Crippen molar-refractivity contribution in [3.63, 3.8) is 0 Å². The summed E-state index contributed by atoms with van der Waals surface area (Å²) in [6, 6.07) is 5.56. The minimum Gasteiger partial charge on any atom is -0.316 e. The molecular formula is C15H22N2O2S. The summed E-state index contributed by atoms with van der Waals surface area (Å²) in [6.45, 7) is 7.25. The van der Waals surface area contributed by atoms with Gasteiger partial charge in [0.1, 0.15) is 0 Å². The van der Waals surface area contributed by atoms with E-state index < -0.39 is 10.0 Å². The lowest BCUT2D eigenvalue weighted by molar-refractivity contribution is 0.0871. The average Bonchev–Trinajstić information content (AvgIpc) is 2.36. The summed E-state index contributed by atoms with van der Waals surface area (Å²) in [6.07, 6.45) is 1.95. The Morgan fingerprint density at radius 1 is 1.15 bits per heavy atom. The van der Waals surface area contributed by atoms with E-state index in [2.05, 4.69) is 5.32 Å². The van der Waals surface area contributed by atoms with Crippen molar-refractivity contribution in [1.29, 1.82) is 0 Å². The van der Waals surface area contributed by atoms with Crippen LogP contribution in [0.5, 0.6) is 0 Å². The van der Waals surface area contributed by atoms with Gasteiger partial charge in [-0.15, -0.1) is 0 Å². The normalized spacial score (nSPS) is 22.7. The van der Waals surface area contributed by atoms with Gasteiger partial charge in [-0.1, -0.05) is 17.7 Å². The van der Waals surface area contributed by atoms with E-state index in [4.69, 9.17) is 0 Å². The van der Waals surface area contributed by atoms with Crippen LogP contribution in [0.25, 0.3) is 0 Å². The number of benzene rings is 1. The van der Waals surface area contributed by atoms with Crippen LogP contribution in [-0.2, 0) is 10.0 Å². The standard InChI is InChI=1S/C15H22N2O2S/c1-12-3-4-14(13(2)9-12)20(18,19)17-7-5-15(6-8-17)10-16-11-15/h3-4,9,16H,5-8,10-11H2,1-2H3. The molecule has 0 aromatic heterocycles. The SMILES string of the molecule is Cc1ccc(S(=O)(=O)N2CCC3(CC2)CNC3)c(C)c1. The number of nitrogens with zero attached hydrogens (tertiary/aromatic N) is 1. The minimum absolute atomic E-state index is 0.369. The van der Waals surface area contributed by atoms with Crippen LogP contribution in [0.15, 0.2) is 23.1 Å². The molecule has 4 nitrogen and oxygen atoms in total. The molecule has 2 fully saturated rings. The molecule has 1 aromatic rings. The van der Waals surface area contributed by atoms with Crippen LogP contribution < -0.4 is 5.32 Å². The first-order valence-corrected chi connectivity index (χ1v) is 8.65. The molecule has 1 N–H and O–H groups in total. The summed E-state index contributed by atoms with van der Waals surface area (Å²) in [5.74, 6) is 0. The molecule has 5 heteroatoms. The first kappa shape index (κ1) is 14.0. The van der Waals surface area contributed by atoms with Gasteiger partial charge in [-0.05, 0) is 43.7 Å². The van der Waals surface area contributed by atoms with E-state index in [9.17, 15) is 8.42 Å². The molecule has 0 bridgehead atoms. The Hall–Kier alpha value is -0.910. The number of rotatable bonds is 2. The van der Waals surface area contributed by atoms with Crippen molar-refractivity contribution in [1.82, 2.24) is 9.62 Å². The first-order valence-electron chi connectivity index (χ1n) is 7.21. The largest absolute Gasteiger partial charge is 0.316 e. The van der Waals surface area contributed by atoms with Crippen LogP contribution in [-0.4, -0.2) is 38.9 Å². The molecule has 0 atom stereocenters. The second-order valence-corrected chi connectivity index (χ2v) is 8.18. The molecule has 2 heterocycles. The third-order valence-corrected chi connectivity index (χ3v) is 6.79. The van der Waals surface area contributed by atoms with Crippen molar-refractivity contribution in [2.75, 3.05) is 26.2 Å². The predicted octanol–water partition coefficient (Wildman–Crippen LogP) is 1.68. The number of piperidine rings is 1. The maximum absolute atomic E-state index is 12.7. The molecule has 2 aliphatic rings. The first-order chi connectivity index (χ1) is 9.43. The molecule has 0 aliphatic carbocycles. The number of hydrogen-bond acceptors (Lipinski definition) is 3. The average molecular weight is 294 g/mol. The van der Waals surface area contributed by atoms with Gasteiger partial charge in [-0.3, -0.25) is 0 Å². The van der Waals surface area contributed by atoms with E-state index in [0.717, 1.165) is 37.1 Å². The molecule has 1 spiro atoms. The van der Waals surface area contributed by atoms with Crippen molar-refractivity contribution in [2.24, 2.45) is 5.41 Å². The fourth-order valence-corrected chi connectivity index (χ4v) is 4.91. The number of nitrogens with one attached hydrogen (secondary N) is 1.